The molecule has 5 nitrogen and oxygen atoms in total. The van der Waals surface area contributed by atoms with Crippen LogP contribution in [0.3, 0.4) is 0 Å². The summed E-state index contributed by atoms with van der Waals surface area (Å²) in [7, 11) is -2.91. The number of halogens is 1. The maximum Gasteiger partial charge on any atom is 0.179 e. The van der Waals surface area contributed by atoms with Crippen LogP contribution in [0.15, 0.2) is 18.3 Å². The van der Waals surface area contributed by atoms with Crippen molar-refractivity contribution in [3.63, 3.8) is 0 Å². The topological polar surface area (TPSA) is 64.3 Å². The Bertz CT molecular complexity index is 680. The van der Waals surface area contributed by atoms with Crippen molar-refractivity contribution in [1.82, 2.24) is 14.6 Å². The summed E-state index contributed by atoms with van der Waals surface area (Å²) in [5.41, 5.74) is 0.577. The van der Waals surface area contributed by atoms with E-state index in [0.29, 0.717) is 22.9 Å². The predicted molar refractivity (Wildman–Crippen MR) is 64.0 cm³/mol. The van der Waals surface area contributed by atoms with Crippen LogP contribution in [0, 0.1) is 0 Å². The molecule has 1 saturated heterocycles. The van der Waals surface area contributed by atoms with Crippen molar-refractivity contribution in [3.8, 4) is 0 Å². The molecular formula is C10H10ClN3O2S. The smallest absolute Gasteiger partial charge is 0.179 e. The zero-order valence-electron chi connectivity index (χ0n) is 8.88. The van der Waals surface area contributed by atoms with Crippen LogP contribution in [-0.4, -0.2) is 34.5 Å². The highest BCUT2D eigenvalue weighted by atomic mass is 35.5. The number of nitrogens with zero attached hydrogens (tertiary/aromatic N) is 3. The average Bonchev–Trinajstić information content (AvgIpc) is 2.82. The van der Waals surface area contributed by atoms with E-state index in [1.165, 1.54) is 0 Å². The van der Waals surface area contributed by atoms with Gasteiger partial charge in [0, 0.05) is 12.1 Å². The van der Waals surface area contributed by atoms with Crippen LogP contribution in [-0.2, 0) is 9.84 Å². The Hall–Kier alpha value is -1.14. The van der Waals surface area contributed by atoms with Gasteiger partial charge < -0.3 is 0 Å². The standard InChI is InChI=1S/C10H10ClN3O2S/c11-8-2-1-4-14-9(12-13-10(8)14)7-3-5-17(15,16)6-7/h1-2,4,7H,3,5-6H2. The Labute approximate surface area is 103 Å². The molecule has 90 valence electrons. The first-order chi connectivity index (χ1) is 8.07. The fraction of sp³-hybridized carbons (Fsp3) is 0.400. The minimum absolute atomic E-state index is 0.0755. The Kier molecular flexibility index (Phi) is 2.38. The van der Waals surface area contributed by atoms with Gasteiger partial charge in [0.2, 0.25) is 0 Å². The van der Waals surface area contributed by atoms with Gasteiger partial charge in [-0.25, -0.2) is 8.42 Å². The first-order valence-corrected chi connectivity index (χ1v) is 7.46. The lowest BCUT2D eigenvalue weighted by Crippen LogP contribution is -2.07. The van der Waals surface area contributed by atoms with Crippen molar-refractivity contribution in [3.05, 3.63) is 29.2 Å². The second-order valence-corrected chi connectivity index (χ2v) is 6.84. The number of sulfone groups is 1. The van der Waals surface area contributed by atoms with Crippen LogP contribution in [0.2, 0.25) is 5.02 Å². The molecule has 1 aliphatic rings. The van der Waals surface area contributed by atoms with E-state index in [1.807, 2.05) is 6.20 Å². The van der Waals surface area contributed by atoms with Crippen molar-refractivity contribution >= 4 is 27.1 Å². The molecule has 1 atom stereocenters. The second kappa shape index (κ2) is 3.68. The summed E-state index contributed by atoms with van der Waals surface area (Å²) in [6.07, 6.45) is 2.41. The molecule has 0 aliphatic carbocycles. The minimum Gasteiger partial charge on any atom is -0.285 e. The van der Waals surface area contributed by atoms with E-state index in [-0.39, 0.29) is 17.4 Å². The zero-order valence-corrected chi connectivity index (χ0v) is 10.4. The molecule has 0 N–H and O–H groups in total. The second-order valence-electron chi connectivity index (χ2n) is 4.21. The molecule has 0 bridgehead atoms. The molecular weight excluding hydrogens is 262 g/mol. The molecule has 1 aliphatic heterocycles. The van der Waals surface area contributed by atoms with Crippen LogP contribution in [0.1, 0.15) is 18.2 Å². The highest BCUT2D eigenvalue weighted by molar-refractivity contribution is 7.91. The van der Waals surface area contributed by atoms with E-state index in [2.05, 4.69) is 10.2 Å². The van der Waals surface area contributed by atoms with E-state index in [4.69, 9.17) is 11.6 Å². The van der Waals surface area contributed by atoms with E-state index < -0.39 is 9.84 Å². The van der Waals surface area contributed by atoms with Gasteiger partial charge in [0.05, 0.1) is 16.5 Å². The fourth-order valence-corrected chi connectivity index (χ4v) is 4.12. The quantitative estimate of drug-likeness (QED) is 0.784. The average molecular weight is 272 g/mol. The number of fused-ring (bicyclic) bond motifs is 1. The van der Waals surface area contributed by atoms with Gasteiger partial charge in [-0.05, 0) is 18.6 Å². The fourth-order valence-electron chi connectivity index (χ4n) is 2.18. The van der Waals surface area contributed by atoms with Crippen LogP contribution >= 0.6 is 11.6 Å². The largest absolute Gasteiger partial charge is 0.285 e. The normalized spacial score (nSPS) is 23.2. The summed E-state index contributed by atoms with van der Waals surface area (Å²) in [6, 6.07) is 3.53. The molecule has 0 amide bonds. The van der Waals surface area contributed by atoms with Gasteiger partial charge in [-0.2, -0.15) is 0 Å². The van der Waals surface area contributed by atoms with Crippen molar-refractivity contribution in [2.24, 2.45) is 0 Å². The number of aromatic nitrogens is 3. The molecule has 0 spiro atoms. The van der Waals surface area contributed by atoms with Gasteiger partial charge >= 0.3 is 0 Å². The van der Waals surface area contributed by atoms with Gasteiger partial charge in [-0.15, -0.1) is 10.2 Å². The van der Waals surface area contributed by atoms with Crippen LogP contribution < -0.4 is 0 Å². The van der Waals surface area contributed by atoms with Crippen molar-refractivity contribution < 1.29 is 8.42 Å². The molecule has 2 aromatic rings. The molecule has 3 rings (SSSR count). The number of rotatable bonds is 1. The molecule has 3 heterocycles. The Morgan fingerprint density at radius 2 is 2.24 bits per heavy atom. The molecule has 1 fully saturated rings. The molecule has 1 unspecified atom stereocenters. The Morgan fingerprint density at radius 1 is 1.41 bits per heavy atom. The summed E-state index contributed by atoms with van der Waals surface area (Å²) < 4.78 is 24.7. The van der Waals surface area contributed by atoms with Crippen LogP contribution in [0.25, 0.3) is 5.65 Å². The van der Waals surface area contributed by atoms with Gasteiger partial charge in [0.15, 0.2) is 15.5 Å². The summed E-state index contributed by atoms with van der Waals surface area (Å²) in [4.78, 5) is 0. The third-order valence-corrected chi connectivity index (χ3v) is 5.07. The lowest BCUT2D eigenvalue weighted by atomic mass is 10.1. The summed E-state index contributed by atoms with van der Waals surface area (Å²) in [5, 5.41) is 8.58. The minimum atomic E-state index is -2.91. The van der Waals surface area contributed by atoms with Gasteiger partial charge in [0.25, 0.3) is 0 Å². The maximum atomic E-state index is 11.5. The van der Waals surface area contributed by atoms with Crippen LogP contribution in [0.4, 0.5) is 0 Å². The maximum absolute atomic E-state index is 11.5. The summed E-state index contributed by atoms with van der Waals surface area (Å²) in [6.45, 7) is 0. The van der Waals surface area contributed by atoms with Crippen molar-refractivity contribution in [2.75, 3.05) is 11.5 Å². The van der Waals surface area contributed by atoms with Crippen molar-refractivity contribution in [2.45, 2.75) is 12.3 Å². The highest BCUT2D eigenvalue weighted by Gasteiger charge is 2.32. The van der Waals surface area contributed by atoms with E-state index in [1.54, 1.807) is 16.5 Å². The van der Waals surface area contributed by atoms with Crippen LogP contribution in [0.5, 0.6) is 0 Å². The first kappa shape index (κ1) is 11.0. The predicted octanol–water partition coefficient (Wildman–Crippen LogP) is 1.28. The zero-order chi connectivity index (χ0) is 12.0. The van der Waals surface area contributed by atoms with Gasteiger partial charge in [-0.1, -0.05) is 11.6 Å². The molecule has 7 heteroatoms. The number of hydrogen-bond donors (Lipinski definition) is 0. The molecule has 0 radical (unpaired) electrons. The Balaban J connectivity index is 2.11. The molecule has 0 aromatic carbocycles. The summed E-state index contributed by atoms with van der Waals surface area (Å²) in [5.74, 6) is 0.991. The number of pyridine rings is 1. The van der Waals surface area contributed by atoms with E-state index in [9.17, 15) is 8.42 Å². The lowest BCUT2D eigenvalue weighted by Gasteiger charge is -2.05. The monoisotopic (exact) mass is 271 g/mol. The highest BCUT2D eigenvalue weighted by Crippen LogP contribution is 2.28. The third-order valence-electron chi connectivity index (χ3n) is 3.01. The first-order valence-electron chi connectivity index (χ1n) is 5.26. The van der Waals surface area contributed by atoms with E-state index >= 15 is 0 Å². The molecule has 17 heavy (non-hydrogen) atoms. The summed E-state index contributed by atoms with van der Waals surface area (Å²) >= 11 is 5.99. The lowest BCUT2D eigenvalue weighted by molar-refractivity contribution is 0.601. The number of hydrogen-bond acceptors (Lipinski definition) is 4. The van der Waals surface area contributed by atoms with Gasteiger partial charge in [0.1, 0.15) is 5.82 Å². The van der Waals surface area contributed by atoms with Crippen molar-refractivity contribution in [1.29, 1.82) is 0 Å². The molecule has 2 aromatic heterocycles. The van der Waals surface area contributed by atoms with Gasteiger partial charge in [-0.3, -0.25) is 4.40 Å². The molecule has 0 saturated carbocycles. The van der Waals surface area contributed by atoms with E-state index in [0.717, 1.165) is 0 Å². The third kappa shape index (κ3) is 1.81. The Morgan fingerprint density at radius 3 is 2.94 bits per heavy atom. The SMILES string of the molecule is O=S1(=O)CCC(c2nnc3c(Cl)cccn23)C1.